The fraction of sp³-hybridized carbons (Fsp3) is 0.364. The molecule has 1 rings (SSSR count). The molecule has 0 aliphatic carbocycles. The summed E-state index contributed by atoms with van der Waals surface area (Å²) >= 11 is 5.79. The topological polar surface area (TPSA) is 26.3 Å². The number of carbonyl (C=O) groups excluding carboxylic acids is 1. The summed E-state index contributed by atoms with van der Waals surface area (Å²) in [5.41, 5.74) is -0.227. The number of rotatable bonds is 3. The minimum absolute atomic E-state index is 0.0671. The molecule has 0 bridgehead atoms. The van der Waals surface area contributed by atoms with Gasteiger partial charge in [-0.2, -0.15) is 0 Å². The number of methoxy groups -OCH3 is 1. The molecule has 0 saturated carbocycles. The zero-order valence-corrected chi connectivity index (χ0v) is 9.26. The van der Waals surface area contributed by atoms with Crippen LogP contribution in [0, 0.1) is 0 Å². The van der Waals surface area contributed by atoms with Gasteiger partial charge in [-0.3, -0.25) is 4.79 Å². The molecule has 1 aromatic rings. The third-order valence-corrected chi connectivity index (χ3v) is 2.38. The highest BCUT2D eigenvalue weighted by molar-refractivity contribution is 6.31. The largest absolute Gasteiger partial charge is 0.371 e. The minimum atomic E-state index is -0.801. The molecule has 0 radical (unpaired) electrons. The number of Topliss-reactive ketones (excluding diaryl/α,β-unsaturated/α-hetero) is 1. The molecule has 0 amide bonds. The second-order valence-electron chi connectivity index (χ2n) is 3.55. The van der Waals surface area contributed by atoms with Crippen molar-refractivity contribution in [2.24, 2.45) is 0 Å². The van der Waals surface area contributed by atoms with Gasteiger partial charge in [0.1, 0.15) is 5.60 Å². The van der Waals surface area contributed by atoms with Crippen molar-refractivity contribution in [2.45, 2.75) is 19.4 Å². The molecule has 0 aromatic heterocycles. The number of hydrogen-bond donors (Lipinski definition) is 0. The number of halogens is 1. The molecular formula is C11H13ClO2. The molecule has 3 heteroatoms. The van der Waals surface area contributed by atoms with Crippen LogP contribution >= 0.6 is 11.6 Å². The van der Waals surface area contributed by atoms with E-state index in [-0.39, 0.29) is 5.78 Å². The lowest BCUT2D eigenvalue weighted by Crippen LogP contribution is -2.33. The molecule has 2 nitrogen and oxygen atoms in total. The second kappa shape index (κ2) is 4.11. The smallest absolute Gasteiger partial charge is 0.194 e. The van der Waals surface area contributed by atoms with Crippen LogP contribution in [0.25, 0.3) is 0 Å². The van der Waals surface area contributed by atoms with Crippen molar-refractivity contribution in [1.82, 2.24) is 0 Å². The van der Waals surface area contributed by atoms with Crippen LogP contribution in [0.2, 0.25) is 5.02 Å². The first-order valence-electron chi connectivity index (χ1n) is 4.33. The molecule has 0 atom stereocenters. The van der Waals surface area contributed by atoms with Crippen molar-refractivity contribution >= 4 is 17.4 Å². The van der Waals surface area contributed by atoms with Gasteiger partial charge in [0.05, 0.1) is 0 Å². The summed E-state index contributed by atoms with van der Waals surface area (Å²) in [4.78, 5) is 11.9. The SMILES string of the molecule is COC(C)(C)C(=O)c1cccc(Cl)c1. The Morgan fingerprint density at radius 1 is 1.43 bits per heavy atom. The molecule has 0 fully saturated rings. The lowest BCUT2D eigenvalue weighted by molar-refractivity contribution is 0.0228. The highest BCUT2D eigenvalue weighted by Crippen LogP contribution is 2.18. The molecule has 0 heterocycles. The third kappa shape index (κ3) is 2.34. The Balaban J connectivity index is 3.01. The Kier molecular flexibility index (Phi) is 3.29. The van der Waals surface area contributed by atoms with Crippen LogP contribution in [-0.2, 0) is 4.74 Å². The fourth-order valence-corrected chi connectivity index (χ4v) is 1.26. The monoisotopic (exact) mass is 212 g/mol. The maximum Gasteiger partial charge on any atom is 0.194 e. The molecule has 0 aliphatic rings. The molecule has 0 unspecified atom stereocenters. The average molecular weight is 213 g/mol. The van der Waals surface area contributed by atoms with Crippen molar-refractivity contribution in [3.05, 3.63) is 34.9 Å². The van der Waals surface area contributed by atoms with E-state index in [9.17, 15) is 4.79 Å². The van der Waals surface area contributed by atoms with Gasteiger partial charge in [-0.25, -0.2) is 0 Å². The Hall–Kier alpha value is -0.860. The summed E-state index contributed by atoms with van der Waals surface area (Å²) in [5, 5.41) is 0.558. The normalized spacial score (nSPS) is 11.4. The van der Waals surface area contributed by atoms with Crippen molar-refractivity contribution < 1.29 is 9.53 Å². The van der Waals surface area contributed by atoms with E-state index in [1.54, 1.807) is 38.1 Å². The van der Waals surface area contributed by atoms with Gasteiger partial charge in [-0.1, -0.05) is 23.7 Å². The van der Waals surface area contributed by atoms with Gasteiger partial charge < -0.3 is 4.74 Å². The summed E-state index contributed by atoms with van der Waals surface area (Å²) in [6.07, 6.45) is 0. The highest BCUT2D eigenvalue weighted by Gasteiger charge is 2.27. The van der Waals surface area contributed by atoms with E-state index >= 15 is 0 Å². The van der Waals surface area contributed by atoms with E-state index in [1.807, 2.05) is 0 Å². The van der Waals surface area contributed by atoms with Gasteiger partial charge in [0.25, 0.3) is 0 Å². The summed E-state index contributed by atoms with van der Waals surface area (Å²) in [6, 6.07) is 6.86. The van der Waals surface area contributed by atoms with Crippen LogP contribution in [0.15, 0.2) is 24.3 Å². The quantitative estimate of drug-likeness (QED) is 0.721. The van der Waals surface area contributed by atoms with Crippen molar-refractivity contribution in [1.29, 1.82) is 0 Å². The molecule has 0 aliphatic heterocycles. The van der Waals surface area contributed by atoms with E-state index in [4.69, 9.17) is 16.3 Å². The molecule has 1 aromatic carbocycles. The summed E-state index contributed by atoms with van der Waals surface area (Å²) in [5.74, 6) is -0.0671. The Bertz CT molecular complexity index is 345. The summed E-state index contributed by atoms with van der Waals surface area (Å²) in [7, 11) is 1.52. The summed E-state index contributed by atoms with van der Waals surface area (Å²) in [6.45, 7) is 3.46. The van der Waals surface area contributed by atoms with Gasteiger partial charge in [0, 0.05) is 17.7 Å². The zero-order valence-electron chi connectivity index (χ0n) is 8.50. The second-order valence-corrected chi connectivity index (χ2v) is 3.99. The van der Waals surface area contributed by atoms with Crippen LogP contribution in [0.4, 0.5) is 0 Å². The first-order valence-corrected chi connectivity index (χ1v) is 4.70. The van der Waals surface area contributed by atoms with E-state index in [1.165, 1.54) is 7.11 Å². The molecule has 76 valence electrons. The van der Waals surface area contributed by atoms with Crippen LogP contribution in [-0.4, -0.2) is 18.5 Å². The average Bonchev–Trinajstić information content (AvgIpc) is 2.16. The van der Waals surface area contributed by atoms with Gasteiger partial charge >= 0.3 is 0 Å². The zero-order chi connectivity index (χ0) is 10.8. The number of carbonyl (C=O) groups is 1. The predicted molar refractivity (Wildman–Crippen MR) is 56.9 cm³/mol. The van der Waals surface area contributed by atoms with Crippen molar-refractivity contribution in [3.63, 3.8) is 0 Å². The van der Waals surface area contributed by atoms with E-state index in [0.29, 0.717) is 10.6 Å². The van der Waals surface area contributed by atoms with Crippen molar-refractivity contribution in [3.8, 4) is 0 Å². The molecule has 0 saturated heterocycles. The lowest BCUT2D eigenvalue weighted by atomic mass is 9.97. The number of ether oxygens (including phenoxy) is 1. The third-order valence-electron chi connectivity index (χ3n) is 2.14. The molecule has 0 N–H and O–H groups in total. The summed E-state index contributed by atoms with van der Waals surface area (Å²) < 4.78 is 5.10. The fourth-order valence-electron chi connectivity index (χ4n) is 1.07. The van der Waals surface area contributed by atoms with Gasteiger partial charge in [0.15, 0.2) is 5.78 Å². The van der Waals surface area contributed by atoms with E-state index in [0.717, 1.165) is 0 Å². The lowest BCUT2D eigenvalue weighted by Gasteiger charge is -2.21. The number of hydrogen-bond acceptors (Lipinski definition) is 2. The first kappa shape index (κ1) is 11.2. The van der Waals surface area contributed by atoms with Crippen LogP contribution in [0.1, 0.15) is 24.2 Å². The van der Waals surface area contributed by atoms with Crippen molar-refractivity contribution in [2.75, 3.05) is 7.11 Å². The number of ketones is 1. The highest BCUT2D eigenvalue weighted by atomic mass is 35.5. The first-order chi connectivity index (χ1) is 6.47. The van der Waals surface area contributed by atoms with Crippen LogP contribution < -0.4 is 0 Å². The predicted octanol–water partition coefficient (Wildman–Crippen LogP) is 2.95. The van der Waals surface area contributed by atoms with Gasteiger partial charge in [0.2, 0.25) is 0 Å². The van der Waals surface area contributed by atoms with Crippen LogP contribution in [0.5, 0.6) is 0 Å². The van der Waals surface area contributed by atoms with Gasteiger partial charge in [-0.15, -0.1) is 0 Å². The number of benzene rings is 1. The van der Waals surface area contributed by atoms with E-state index in [2.05, 4.69) is 0 Å². The molecule has 0 spiro atoms. The maximum absolute atomic E-state index is 11.9. The Labute approximate surface area is 88.8 Å². The molecule has 14 heavy (non-hydrogen) atoms. The Morgan fingerprint density at radius 3 is 2.57 bits per heavy atom. The Morgan fingerprint density at radius 2 is 2.07 bits per heavy atom. The molecular weight excluding hydrogens is 200 g/mol. The van der Waals surface area contributed by atoms with Crippen LogP contribution in [0.3, 0.4) is 0 Å². The maximum atomic E-state index is 11.9. The standard InChI is InChI=1S/C11H13ClO2/c1-11(2,14-3)10(13)8-5-4-6-9(12)7-8/h4-7H,1-3H3. The van der Waals surface area contributed by atoms with E-state index < -0.39 is 5.60 Å². The van der Waals surface area contributed by atoms with Gasteiger partial charge in [-0.05, 0) is 26.0 Å². The minimum Gasteiger partial charge on any atom is -0.371 e.